The van der Waals surface area contributed by atoms with Crippen molar-refractivity contribution in [2.24, 2.45) is 0 Å². The van der Waals surface area contributed by atoms with Gasteiger partial charge in [-0.1, -0.05) is 40.9 Å². The Morgan fingerprint density at radius 3 is 2.57 bits per heavy atom. The van der Waals surface area contributed by atoms with Gasteiger partial charge in [-0.2, -0.15) is 10.2 Å². The second-order valence-corrected chi connectivity index (χ2v) is 7.16. The number of hydrogen-bond donors (Lipinski definition) is 2. The number of nitrogens with one attached hydrogen (secondary N) is 1. The van der Waals surface area contributed by atoms with E-state index in [2.05, 4.69) is 15.5 Å². The largest absolute Gasteiger partial charge is 0.476 e. The highest BCUT2D eigenvalue weighted by Gasteiger charge is 2.20. The van der Waals surface area contributed by atoms with Gasteiger partial charge in [0.15, 0.2) is 11.5 Å². The van der Waals surface area contributed by atoms with Gasteiger partial charge in [0.2, 0.25) is 5.91 Å². The molecular weight excluding hydrogens is 429 g/mol. The van der Waals surface area contributed by atoms with Gasteiger partial charge >= 0.3 is 5.97 Å². The highest BCUT2D eigenvalue weighted by Crippen LogP contribution is 2.24. The molecule has 0 aliphatic carbocycles. The first kappa shape index (κ1) is 20.2. The molecule has 0 aliphatic rings. The van der Waals surface area contributed by atoms with Gasteiger partial charge < -0.3 is 10.4 Å². The van der Waals surface area contributed by atoms with Gasteiger partial charge in [-0.25, -0.2) is 4.79 Å². The molecule has 1 aromatic carbocycles. The van der Waals surface area contributed by atoms with Gasteiger partial charge in [-0.3, -0.25) is 14.2 Å². The van der Waals surface area contributed by atoms with E-state index in [9.17, 15) is 9.59 Å². The fourth-order valence-corrected chi connectivity index (χ4v) is 3.06. The molecule has 28 heavy (non-hydrogen) atoms. The van der Waals surface area contributed by atoms with Crippen LogP contribution in [-0.2, 0) is 11.3 Å². The number of rotatable bonds is 6. The standard InChI is InChI=1S/C17H14Cl3N5O3/c1-9(25-5-4-14(22-25)17(27)28)16(26)21-15-13(20)8-24(23-15)7-10-2-3-11(18)6-12(10)19/h2-6,8-9H,7H2,1H3,(H,27,28)(H,21,23,26). The smallest absolute Gasteiger partial charge is 0.356 e. The van der Waals surface area contributed by atoms with E-state index >= 15 is 0 Å². The predicted molar refractivity (Wildman–Crippen MR) is 105 cm³/mol. The van der Waals surface area contributed by atoms with E-state index in [0.29, 0.717) is 16.6 Å². The van der Waals surface area contributed by atoms with Gasteiger partial charge in [0.05, 0.1) is 6.54 Å². The molecule has 0 fully saturated rings. The van der Waals surface area contributed by atoms with Crippen molar-refractivity contribution >= 4 is 52.5 Å². The van der Waals surface area contributed by atoms with Crippen LogP contribution in [0.1, 0.15) is 29.0 Å². The van der Waals surface area contributed by atoms with Gasteiger partial charge in [0, 0.05) is 22.4 Å². The van der Waals surface area contributed by atoms with Crippen LogP contribution in [0.15, 0.2) is 36.7 Å². The highest BCUT2D eigenvalue weighted by atomic mass is 35.5. The molecule has 146 valence electrons. The first-order chi connectivity index (χ1) is 13.2. The summed E-state index contributed by atoms with van der Waals surface area (Å²) in [7, 11) is 0. The molecule has 2 aromatic heterocycles. The van der Waals surface area contributed by atoms with E-state index in [4.69, 9.17) is 39.9 Å². The summed E-state index contributed by atoms with van der Waals surface area (Å²) in [4.78, 5) is 23.4. The van der Waals surface area contributed by atoms with Crippen LogP contribution in [0.25, 0.3) is 0 Å². The molecule has 0 spiro atoms. The lowest BCUT2D eigenvalue weighted by Gasteiger charge is -2.11. The zero-order valence-corrected chi connectivity index (χ0v) is 16.7. The molecule has 1 amide bonds. The number of nitrogens with zero attached hydrogens (tertiary/aromatic N) is 4. The number of carboxylic acids is 1. The van der Waals surface area contributed by atoms with Gasteiger partial charge in [0.25, 0.3) is 0 Å². The number of halogens is 3. The van der Waals surface area contributed by atoms with E-state index in [1.807, 2.05) is 0 Å². The van der Waals surface area contributed by atoms with E-state index in [1.165, 1.54) is 21.6 Å². The molecule has 0 radical (unpaired) electrons. The summed E-state index contributed by atoms with van der Waals surface area (Å²) >= 11 is 18.2. The van der Waals surface area contributed by atoms with E-state index in [1.54, 1.807) is 31.3 Å². The van der Waals surface area contributed by atoms with Crippen molar-refractivity contribution in [1.29, 1.82) is 0 Å². The minimum atomic E-state index is -1.17. The van der Waals surface area contributed by atoms with Crippen LogP contribution in [0.3, 0.4) is 0 Å². The van der Waals surface area contributed by atoms with Crippen molar-refractivity contribution in [1.82, 2.24) is 19.6 Å². The van der Waals surface area contributed by atoms with Gasteiger partial charge in [-0.15, -0.1) is 0 Å². The number of aromatic nitrogens is 4. The number of carbonyl (C=O) groups is 2. The second kappa shape index (κ2) is 8.22. The van der Waals surface area contributed by atoms with Crippen LogP contribution in [0, 0.1) is 0 Å². The molecular formula is C17H14Cl3N5O3. The average Bonchev–Trinajstić information content (AvgIpc) is 3.24. The van der Waals surface area contributed by atoms with Crippen molar-refractivity contribution in [3.8, 4) is 0 Å². The maximum Gasteiger partial charge on any atom is 0.356 e. The third kappa shape index (κ3) is 4.46. The lowest BCUT2D eigenvalue weighted by atomic mass is 10.2. The molecule has 0 saturated heterocycles. The summed E-state index contributed by atoms with van der Waals surface area (Å²) in [6.07, 6.45) is 2.97. The third-order valence-corrected chi connectivity index (χ3v) is 4.77. The molecule has 0 saturated carbocycles. The average molecular weight is 443 g/mol. The van der Waals surface area contributed by atoms with Crippen molar-refractivity contribution in [2.45, 2.75) is 19.5 Å². The minimum absolute atomic E-state index is 0.151. The molecule has 3 aromatic rings. The van der Waals surface area contributed by atoms with Crippen LogP contribution in [0.5, 0.6) is 0 Å². The molecule has 8 nitrogen and oxygen atoms in total. The SMILES string of the molecule is CC(C(=O)Nc1nn(Cc2ccc(Cl)cc2Cl)cc1Cl)n1ccc(C(=O)O)n1. The Bertz CT molecular complexity index is 1050. The summed E-state index contributed by atoms with van der Waals surface area (Å²) in [5, 5.41) is 20.9. The van der Waals surface area contributed by atoms with Crippen LogP contribution >= 0.6 is 34.8 Å². The lowest BCUT2D eigenvalue weighted by molar-refractivity contribution is -0.119. The van der Waals surface area contributed by atoms with E-state index in [0.717, 1.165) is 5.56 Å². The van der Waals surface area contributed by atoms with Crippen molar-refractivity contribution in [3.63, 3.8) is 0 Å². The normalized spacial score (nSPS) is 12.0. The molecule has 1 unspecified atom stereocenters. The fraction of sp³-hybridized carbons (Fsp3) is 0.176. The number of amides is 1. The number of carbonyl (C=O) groups excluding carboxylic acids is 1. The van der Waals surface area contributed by atoms with Gasteiger partial charge in [-0.05, 0) is 30.7 Å². The second-order valence-electron chi connectivity index (χ2n) is 5.91. The van der Waals surface area contributed by atoms with Crippen molar-refractivity contribution < 1.29 is 14.7 Å². The van der Waals surface area contributed by atoms with Crippen LogP contribution in [-0.4, -0.2) is 36.5 Å². The molecule has 0 aliphatic heterocycles. The number of carboxylic acid groups (broad SMARTS) is 1. The Labute approximate surface area is 174 Å². The maximum absolute atomic E-state index is 12.4. The summed E-state index contributed by atoms with van der Waals surface area (Å²) in [6.45, 7) is 1.91. The van der Waals surface area contributed by atoms with Crippen LogP contribution in [0.2, 0.25) is 15.1 Å². The Morgan fingerprint density at radius 2 is 1.93 bits per heavy atom. The van der Waals surface area contributed by atoms with Crippen molar-refractivity contribution in [2.75, 3.05) is 5.32 Å². The monoisotopic (exact) mass is 441 g/mol. The maximum atomic E-state index is 12.4. The number of hydrogen-bond acceptors (Lipinski definition) is 4. The Hall–Kier alpha value is -2.55. The quantitative estimate of drug-likeness (QED) is 0.601. The van der Waals surface area contributed by atoms with E-state index in [-0.39, 0.29) is 16.5 Å². The molecule has 11 heteroatoms. The molecule has 2 N–H and O–H groups in total. The lowest BCUT2D eigenvalue weighted by Crippen LogP contribution is -2.24. The zero-order valence-electron chi connectivity index (χ0n) is 14.4. The summed E-state index contributed by atoms with van der Waals surface area (Å²) in [6, 6.07) is 5.67. The minimum Gasteiger partial charge on any atom is -0.476 e. The number of anilines is 1. The first-order valence-corrected chi connectivity index (χ1v) is 9.14. The third-order valence-electron chi connectivity index (χ3n) is 3.91. The van der Waals surface area contributed by atoms with Crippen LogP contribution < -0.4 is 5.32 Å². The highest BCUT2D eigenvalue weighted by molar-refractivity contribution is 6.35. The zero-order chi connectivity index (χ0) is 20.4. The topological polar surface area (TPSA) is 102 Å². The van der Waals surface area contributed by atoms with Gasteiger partial charge in [0.1, 0.15) is 11.1 Å². The predicted octanol–water partition coefficient (Wildman–Crippen LogP) is 3.99. The molecule has 1 atom stereocenters. The summed E-state index contributed by atoms with van der Waals surface area (Å²) in [5.74, 6) is -1.44. The summed E-state index contributed by atoms with van der Waals surface area (Å²) < 4.78 is 2.78. The summed E-state index contributed by atoms with van der Waals surface area (Å²) in [5.41, 5.74) is 0.635. The number of aromatic carboxylic acids is 1. The number of benzene rings is 1. The first-order valence-electron chi connectivity index (χ1n) is 8.01. The molecule has 0 bridgehead atoms. The van der Waals surface area contributed by atoms with Crippen LogP contribution in [0.4, 0.5) is 5.82 Å². The van der Waals surface area contributed by atoms with Crippen molar-refractivity contribution in [3.05, 3.63) is 63.0 Å². The Kier molecular flexibility index (Phi) is 5.93. The molecule has 2 heterocycles. The fourth-order valence-electron chi connectivity index (χ4n) is 2.40. The van der Waals surface area contributed by atoms with E-state index < -0.39 is 17.9 Å². The Morgan fingerprint density at radius 1 is 1.18 bits per heavy atom. The molecule has 3 rings (SSSR count). The Balaban J connectivity index is 1.71.